The van der Waals surface area contributed by atoms with Gasteiger partial charge in [0.05, 0.1) is 10.7 Å². The second-order valence-corrected chi connectivity index (χ2v) is 7.28. The summed E-state index contributed by atoms with van der Waals surface area (Å²) in [5, 5.41) is 4.42. The predicted molar refractivity (Wildman–Crippen MR) is 102 cm³/mol. The van der Waals surface area contributed by atoms with Crippen LogP contribution in [0.15, 0.2) is 94.4 Å². The topological polar surface area (TPSA) is 29.1 Å². The average Bonchev–Trinajstić information content (AvgIpc) is 3.21. The number of para-hydroxylation sites is 1. The normalized spacial score (nSPS) is 21.0. The van der Waals surface area contributed by atoms with Gasteiger partial charge in [0.1, 0.15) is 0 Å². The van der Waals surface area contributed by atoms with Crippen molar-refractivity contribution >= 4 is 23.2 Å². The first kappa shape index (κ1) is 14.6. The fourth-order valence-electron chi connectivity index (χ4n) is 3.65. The maximum Gasteiger partial charge on any atom is 0.192 e. The Morgan fingerprint density at radius 3 is 2.36 bits per heavy atom. The van der Waals surface area contributed by atoms with Gasteiger partial charge in [0.2, 0.25) is 0 Å². The third-order valence-corrected chi connectivity index (χ3v) is 5.88. The summed E-state index contributed by atoms with van der Waals surface area (Å²) >= 11 is 1.65. The van der Waals surface area contributed by atoms with Crippen LogP contribution in [0, 0.1) is 0 Å². The van der Waals surface area contributed by atoms with E-state index in [-0.39, 0.29) is 11.7 Å². The number of hydrogen-bond acceptors (Lipinski definition) is 3. The Labute approximate surface area is 150 Å². The van der Waals surface area contributed by atoms with Gasteiger partial charge in [0, 0.05) is 21.9 Å². The van der Waals surface area contributed by atoms with Crippen molar-refractivity contribution in [2.24, 2.45) is 0 Å². The first-order valence-corrected chi connectivity index (χ1v) is 9.11. The minimum absolute atomic E-state index is 0.0192. The van der Waals surface area contributed by atoms with Crippen molar-refractivity contribution in [2.45, 2.75) is 10.8 Å². The van der Waals surface area contributed by atoms with E-state index in [2.05, 4.69) is 35.6 Å². The van der Waals surface area contributed by atoms with Gasteiger partial charge in [-0.1, -0.05) is 78.5 Å². The van der Waals surface area contributed by atoms with E-state index >= 15 is 0 Å². The molecule has 2 nitrogen and oxygen atoms in total. The highest BCUT2D eigenvalue weighted by Crippen LogP contribution is 2.50. The molecule has 1 aliphatic carbocycles. The van der Waals surface area contributed by atoms with E-state index in [1.54, 1.807) is 11.8 Å². The van der Waals surface area contributed by atoms with Crippen molar-refractivity contribution in [1.29, 1.82) is 0 Å². The minimum atomic E-state index is -0.0192. The number of Topliss-reactive ketones (excluding diaryl/α,β-unsaturated/α-hetero) is 1. The van der Waals surface area contributed by atoms with Gasteiger partial charge in [-0.3, -0.25) is 4.79 Å². The molecule has 0 spiro atoms. The molecule has 120 valence electrons. The van der Waals surface area contributed by atoms with Crippen molar-refractivity contribution < 1.29 is 4.79 Å². The lowest BCUT2D eigenvalue weighted by Gasteiger charge is -2.15. The average molecular weight is 341 g/mol. The van der Waals surface area contributed by atoms with E-state index in [1.807, 2.05) is 48.5 Å². The van der Waals surface area contributed by atoms with Gasteiger partial charge >= 0.3 is 0 Å². The largest absolute Gasteiger partial charge is 0.349 e. The quantitative estimate of drug-likeness (QED) is 0.597. The molecule has 5 rings (SSSR count). The molecular weight excluding hydrogens is 326 g/mol. The van der Waals surface area contributed by atoms with E-state index in [9.17, 15) is 4.79 Å². The van der Waals surface area contributed by atoms with Gasteiger partial charge in [0.25, 0.3) is 0 Å². The lowest BCUT2D eigenvalue weighted by atomic mass is 9.90. The van der Waals surface area contributed by atoms with Crippen LogP contribution in [0.25, 0.3) is 0 Å². The van der Waals surface area contributed by atoms with Crippen LogP contribution in [0.5, 0.6) is 0 Å². The fraction of sp³-hybridized carbons (Fsp3) is 0.0455. The lowest BCUT2D eigenvalue weighted by molar-refractivity contribution is 0.103. The summed E-state index contributed by atoms with van der Waals surface area (Å²) in [5.74, 6) is 0.112. The van der Waals surface area contributed by atoms with Crippen molar-refractivity contribution in [3.8, 4) is 0 Å². The zero-order valence-electron chi connectivity index (χ0n) is 13.4. The first-order chi connectivity index (χ1) is 12.3. The Kier molecular flexibility index (Phi) is 3.28. The molecule has 1 atom stereocenters. The number of nitrogens with one attached hydrogen (secondary N) is 1. The molecule has 0 radical (unpaired) electrons. The molecule has 0 fully saturated rings. The number of ketones is 1. The molecule has 0 saturated heterocycles. The number of carbonyl (C=O) groups excluding carboxylic acids is 1. The van der Waals surface area contributed by atoms with E-state index in [1.165, 1.54) is 4.90 Å². The van der Waals surface area contributed by atoms with Crippen LogP contribution in [0.4, 0.5) is 5.69 Å². The van der Waals surface area contributed by atoms with Crippen molar-refractivity contribution in [3.05, 3.63) is 106 Å². The molecule has 0 amide bonds. The maximum atomic E-state index is 13.2. The molecule has 1 aliphatic heterocycles. The highest BCUT2D eigenvalue weighted by molar-refractivity contribution is 8.03. The second kappa shape index (κ2) is 5.64. The Hall–Kier alpha value is -2.78. The summed E-state index contributed by atoms with van der Waals surface area (Å²) in [4.78, 5) is 14.4. The molecule has 1 unspecified atom stereocenters. The van der Waals surface area contributed by atoms with Gasteiger partial charge in [0.15, 0.2) is 5.78 Å². The molecule has 3 heteroatoms. The molecule has 0 aromatic heterocycles. The number of rotatable bonds is 1. The van der Waals surface area contributed by atoms with Gasteiger partial charge in [-0.15, -0.1) is 0 Å². The summed E-state index contributed by atoms with van der Waals surface area (Å²) < 4.78 is 0. The van der Waals surface area contributed by atoms with Crippen molar-refractivity contribution in [3.63, 3.8) is 0 Å². The van der Waals surface area contributed by atoms with Crippen molar-refractivity contribution in [2.75, 3.05) is 5.32 Å². The van der Waals surface area contributed by atoms with E-state index in [4.69, 9.17) is 0 Å². The lowest BCUT2D eigenvalue weighted by Crippen LogP contribution is -2.07. The Morgan fingerprint density at radius 2 is 1.52 bits per heavy atom. The third kappa shape index (κ3) is 2.24. The number of thioether (sulfide) groups is 1. The van der Waals surface area contributed by atoms with Crippen molar-refractivity contribution in [1.82, 2.24) is 0 Å². The molecular formula is C22H15NOS. The highest BCUT2D eigenvalue weighted by atomic mass is 32.2. The monoisotopic (exact) mass is 341 g/mol. The third-order valence-electron chi connectivity index (χ3n) is 4.77. The van der Waals surface area contributed by atoms with E-state index < -0.39 is 0 Å². The van der Waals surface area contributed by atoms with Crippen LogP contribution in [0.3, 0.4) is 0 Å². The maximum absolute atomic E-state index is 13.2. The second-order valence-electron chi connectivity index (χ2n) is 6.23. The minimum Gasteiger partial charge on any atom is -0.349 e. The fourth-order valence-corrected chi connectivity index (χ4v) is 4.73. The number of allylic oxidation sites excluding steroid dienone is 1. The predicted octanol–water partition coefficient (Wildman–Crippen LogP) is 5.44. The summed E-state index contributed by atoms with van der Waals surface area (Å²) in [6.45, 7) is 0. The number of hydrogen-bond donors (Lipinski definition) is 1. The Balaban J connectivity index is 1.71. The van der Waals surface area contributed by atoms with Crippen LogP contribution in [0.1, 0.15) is 27.4 Å². The summed E-state index contributed by atoms with van der Waals surface area (Å²) in [6, 6.07) is 26.4. The van der Waals surface area contributed by atoms with Gasteiger partial charge in [-0.25, -0.2) is 0 Å². The molecule has 1 heterocycles. The van der Waals surface area contributed by atoms with Crippen LogP contribution in [-0.4, -0.2) is 5.78 Å². The number of anilines is 1. The molecule has 3 aromatic rings. The SMILES string of the molecule is O=C1/C(=C2/Nc3ccccc3S2)C(c2ccccc2)c2ccccc21. The smallest absolute Gasteiger partial charge is 0.192 e. The Morgan fingerprint density at radius 1 is 0.800 bits per heavy atom. The Bertz CT molecular complexity index is 996. The molecule has 1 N–H and O–H groups in total. The molecule has 25 heavy (non-hydrogen) atoms. The van der Waals surface area contributed by atoms with Crippen LogP contribution in [0.2, 0.25) is 0 Å². The summed E-state index contributed by atoms with van der Waals surface area (Å²) in [7, 11) is 0. The van der Waals surface area contributed by atoms with Gasteiger partial charge < -0.3 is 5.32 Å². The zero-order valence-corrected chi connectivity index (χ0v) is 14.2. The first-order valence-electron chi connectivity index (χ1n) is 8.29. The van der Waals surface area contributed by atoms with Crippen LogP contribution < -0.4 is 5.32 Å². The zero-order chi connectivity index (χ0) is 16.8. The summed E-state index contributed by atoms with van der Waals surface area (Å²) in [5.41, 5.74) is 5.00. The number of benzene rings is 3. The van der Waals surface area contributed by atoms with E-state index in [0.717, 1.165) is 33.0 Å². The molecule has 3 aromatic carbocycles. The van der Waals surface area contributed by atoms with Gasteiger partial charge in [-0.05, 0) is 23.3 Å². The summed E-state index contributed by atoms with van der Waals surface area (Å²) in [6.07, 6.45) is 0. The van der Waals surface area contributed by atoms with E-state index in [0.29, 0.717) is 0 Å². The van der Waals surface area contributed by atoms with Crippen LogP contribution >= 0.6 is 11.8 Å². The van der Waals surface area contributed by atoms with Gasteiger partial charge in [-0.2, -0.15) is 0 Å². The molecule has 2 aliphatic rings. The highest BCUT2D eigenvalue weighted by Gasteiger charge is 2.39. The van der Waals surface area contributed by atoms with Crippen LogP contribution in [-0.2, 0) is 0 Å². The number of carbonyl (C=O) groups is 1. The number of fused-ring (bicyclic) bond motifs is 2. The standard InChI is InChI=1S/C22H15NOS/c24-21-16-11-5-4-10-15(16)19(14-8-2-1-3-9-14)20(21)22-23-17-12-6-7-13-18(17)25-22/h1-13,19,23H/b22-20-. The molecule has 0 saturated carbocycles. The molecule has 0 bridgehead atoms.